The second-order valence-corrected chi connectivity index (χ2v) is 7.59. The van der Waals surface area contributed by atoms with Gasteiger partial charge in [-0.25, -0.2) is 4.79 Å². The maximum absolute atomic E-state index is 12.6. The summed E-state index contributed by atoms with van der Waals surface area (Å²) in [6.07, 6.45) is 4.17. The second-order valence-electron chi connectivity index (χ2n) is 5.80. The number of aromatic nitrogens is 2. The highest BCUT2D eigenvalue weighted by atomic mass is 32.1. The third-order valence-corrected chi connectivity index (χ3v) is 6.13. The van der Waals surface area contributed by atoms with Crippen molar-refractivity contribution < 1.29 is 4.79 Å². The molecule has 0 radical (unpaired) electrons. The summed E-state index contributed by atoms with van der Waals surface area (Å²) in [7, 11) is 0. The molecular weight excluding hydrogens is 328 g/mol. The van der Waals surface area contributed by atoms with Crippen molar-refractivity contribution in [2.45, 2.75) is 51.5 Å². The fourth-order valence-corrected chi connectivity index (χ4v) is 4.78. The normalized spacial score (nSPS) is 17.9. The van der Waals surface area contributed by atoms with Crippen LogP contribution in [-0.2, 0) is 0 Å². The first-order valence-electron chi connectivity index (χ1n) is 8.16. The number of thiophene rings is 1. The minimum atomic E-state index is -0.0639. The van der Waals surface area contributed by atoms with Crippen LogP contribution < -0.4 is 5.32 Å². The molecule has 3 heterocycles. The van der Waals surface area contributed by atoms with Gasteiger partial charge in [0.25, 0.3) is 0 Å². The standard InChI is InChI=1S/C16H22N4OS2/c1-3-11(4-2)14-18-19-15(23-14)17-16(21)20-8-5-6-13(20)12-7-9-22-10-12/h7,9-11,13H,3-6,8H2,1-2H3,(H,17,19,21). The lowest BCUT2D eigenvalue weighted by Crippen LogP contribution is -2.34. The Morgan fingerprint density at radius 1 is 1.43 bits per heavy atom. The van der Waals surface area contributed by atoms with Gasteiger partial charge in [-0.15, -0.1) is 10.2 Å². The average Bonchev–Trinajstić information content (AvgIpc) is 3.29. The van der Waals surface area contributed by atoms with Crippen molar-refractivity contribution in [3.05, 3.63) is 27.4 Å². The van der Waals surface area contributed by atoms with Crippen LogP contribution in [0.1, 0.15) is 62.1 Å². The van der Waals surface area contributed by atoms with Crippen LogP contribution in [0, 0.1) is 0 Å². The molecule has 7 heteroatoms. The van der Waals surface area contributed by atoms with E-state index in [0.29, 0.717) is 11.0 Å². The molecule has 23 heavy (non-hydrogen) atoms. The van der Waals surface area contributed by atoms with Crippen LogP contribution in [0.3, 0.4) is 0 Å². The molecule has 2 aromatic rings. The van der Waals surface area contributed by atoms with Gasteiger partial charge in [0.05, 0.1) is 6.04 Å². The number of carbonyl (C=O) groups is 1. The number of nitrogens with zero attached hydrogens (tertiary/aromatic N) is 3. The van der Waals surface area contributed by atoms with Gasteiger partial charge in [0, 0.05) is 12.5 Å². The lowest BCUT2D eigenvalue weighted by atomic mass is 10.1. The molecule has 0 aliphatic carbocycles. The van der Waals surface area contributed by atoms with E-state index in [1.807, 2.05) is 4.90 Å². The van der Waals surface area contributed by atoms with Gasteiger partial charge in [0.2, 0.25) is 5.13 Å². The Labute approximate surface area is 144 Å². The zero-order chi connectivity index (χ0) is 16.2. The molecule has 1 unspecified atom stereocenters. The van der Waals surface area contributed by atoms with Gasteiger partial charge in [-0.3, -0.25) is 5.32 Å². The molecule has 2 aromatic heterocycles. The molecular formula is C16H22N4OS2. The van der Waals surface area contributed by atoms with E-state index in [9.17, 15) is 4.79 Å². The predicted molar refractivity (Wildman–Crippen MR) is 95.3 cm³/mol. The van der Waals surface area contributed by atoms with Crippen LogP contribution in [0.2, 0.25) is 0 Å². The van der Waals surface area contributed by atoms with Gasteiger partial charge in [-0.05, 0) is 48.1 Å². The van der Waals surface area contributed by atoms with Gasteiger partial charge in [0.15, 0.2) is 0 Å². The summed E-state index contributed by atoms with van der Waals surface area (Å²) in [6, 6.07) is 2.23. The number of carbonyl (C=O) groups excluding carboxylic acids is 1. The number of likely N-dealkylation sites (tertiary alicyclic amines) is 1. The Kier molecular flexibility index (Phi) is 5.27. The molecule has 1 N–H and O–H groups in total. The van der Waals surface area contributed by atoms with Crippen LogP contribution in [0.5, 0.6) is 0 Å². The van der Waals surface area contributed by atoms with E-state index in [2.05, 4.69) is 46.2 Å². The summed E-state index contributed by atoms with van der Waals surface area (Å²) in [4.78, 5) is 14.5. The zero-order valence-corrected chi connectivity index (χ0v) is 15.1. The van der Waals surface area contributed by atoms with E-state index in [4.69, 9.17) is 0 Å². The molecule has 0 bridgehead atoms. The first-order valence-corrected chi connectivity index (χ1v) is 9.92. The van der Waals surface area contributed by atoms with E-state index in [1.54, 1.807) is 11.3 Å². The Morgan fingerprint density at radius 2 is 2.26 bits per heavy atom. The molecule has 1 fully saturated rings. The van der Waals surface area contributed by atoms with Gasteiger partial charge in [-0.2, -0.15) is 11.3 Å². The fourth-order valence-electron chi connectivity index (χ4n) is 3.07. The number of hydrogen-bond donors (Lipinski definition) is 1. The highest BCUT2D eigenvalue weighted by Crippen LogP contribution is 2.34. The number of amides is 2. The van der Waals surface area contributed by atoms with Gasteiger partial charge in [-0.1, -0.05) is 25.2 Å². The minimum absolute atomic E-state index is 0.0639. The lowest BCUT2D eigenvalue weighted by molar-refractivity contribution is 0.207. The first kappa shape index (κ1) is 16.4. The monoisotopic (exact) mass is 350 g/mol. The van der Waals surface area contributed by atoms with Gasteiger partial charge < -0.3 is 4.90 Å². The molecule has 124 valence electrons. The van der Waals surface area contributed by atoms with Crippen LogP contribution in [0.15, 0.2) is 16.8 Å². The predicted octanol–water partition coefficient (Wildman–Crippen LogP) is 4.87. The lowest BCUT2D eigenvalue weighted by Gasteiger charge is -2.23. The topological polar surface area (TPSA) is 58.1 Å². The van der Waals surface area contributed by atoms with Crippen molar-refractivity contribution in [2.75, 3.05) is 11.9 Å². The van der Waals surface area contributed by atoms with Gasteiger partial charge in [0.1, 0.15) is 5.01 Å². The molecule has 5 nitrogen and oxygen atoms in total. The highest BCUT2D eigenvalue weighted by Gasteiger charge is 2.30. The van der Waals surface area contributed by atoms with Crippen molar-refractivity contribution in [1.29, 1.82) is 0 Å². The van der Waals surface area contributed by atoms with E-state index in [-0.39, 0.29) is 12.1 Å². The van der Waals surface area contributed by atoms with Crippen molar-refractivity contribution in [3.63, 3.8) is 0 Å². The Hall–Kier alpha value is -1.47. The van der Waals surface area contributed by atoms with Crippen LogP contribution >= 0.6 is 22.7 Å². The van der Waals surface area contributed by atoms with Crippen LogP contribution in [-0.4, -0.2) is 27.7 Å². The number of rotatable bonds is 5. The third kappa shape index (κ3) is 3.55. The van der Waals surface area contributed by atoms with Crippen molar-refractivity contribution in [2.24, 2.45) is 0 Å². The number of urea groups is 1. The molecule has 3 rings (SSSR count). The van der Waals surface area contributed by atoms with Gasteiger partial charge >= 0.3 is 6.03 Å². The summed E-state index contributed by atoms with van der Waals surface area (Å²) >= 11 is 3.17. The molecule has 1 aliphatic heterocycles. The Balaban J connectivity index is 1.67. The molecule has 1 atom stereocenters. The second kappa shape index (κ2) is 7.40. The summed E-state index contributed by atoms with van der Waals surface area (Å²) in [5.41, 5.74) is 1.23. The maximum Gasteiger partial charge on any atom is 0.324 e. The molecule has 1 saturated heterocycles. The van der Waals surface area contributed by atoms with Crippen molar-refractivity contribution in [1.82, 2.24) is 15.1 Å². The van der Waals surface area contributed by atoms with Crippen LogP contribution in [0.4, 0.5) is 9.93 Å². The summed E-state index contributed by atoms with van der Waals surface area (Å²) in [6.45, 7) is 5.11. The molecule has 1 aliphatic rings. The SMILES string of the molecule is CCC(CC)c1nnc(NC(=O)N2CCCC2c2ccsc2)s1. The molecule has 0 saturated carbocycles. The summed E-state index contributed by atoms with van der Waals surface area (Å²) in [5, 5.41) is 17.1. The van der Waals surface area contributed by atoms with E-state index in [1.165, 1.54) is 16.9 Å². The highest BCUT2D eigenvalue weighted by molar-refractivity contribution is 7.15. The van der Waals surface area contributed by atoms with Crippen molar-refractivity contribution >= 4 is 33.8 Å². The minimum Gasteiger partial charge on any atom is -0.317 e. The number of anilines is 1. The van der Waals surface area contributed by atoms with E-state index >= 15 is 0 Å². The Morgan fingerprint density at radius 3 is 2.96 bits per heavy atom. The third-order valence-electron chi connectivity index (χ3n) is 4.43. The largest absolute Gasteiger partial charge is 0.324 e. The maximum atomic E-state index is 12.6. The number of hydrogen-bond acceptors (Lipinski definition) is 5. The average molecular weight is 351 g/mol. The fraction of sp³-hybridized carbons (Fsp3) is 0.562. The molecule has 2 amide bonds. The molecule has 0 aromatic carbocycles. The molecule has 0 spiro atoms. The Bertz CT molecular complexity index is 636. The number of nitrogens with one attached hydrogen (secondary N) is 1. The van der Waals surface area contributed by atoms with Crippen molar-refractivity contribution in [3.8, 4) is 0 Å². The van der Waals surface area contributed by atoms with E-state index in [0.717, 1.165) is 37.2 Å². The summed E-state index contributed by atoms with van der Waals surface area (Å²) < 4.78 is 0. The first-order chi connectivity index (χ1) is 11.2. The van der Waals surface area contributed by atoms with E-state index < -0.39 is 0 Å². The quantitative estimate of drug-likeness (QED) is 0.836. The zero-order valence-electron chi connectivity index (χ0n) is 13.5. The summed E-state index contributed by atoms with van der Waals surface area (Å²) in [5.74, 6) is 0.434. The smallest absolute Gasteiger partial charge is 0.317 e. The van der Waals surface area contributed by atoms with Crippen LogP contribution in [0.25, 0.3) is 0 Å².